The number of methoxy groups -OCH3 is 1. The van der Waals surface area contributed by atoms with E-state index in [1.165, 1.54) is 21.1 Å². The van der Waals surface area contributed by atoms with Crippen LogP contribution >= 0.6 is 19.5 Å². The number of carbonyl (C=O) groups is 2. The lowest BCUT2D eigenvalue weighted by atomic mass is 10.00. The number of rotatable bonds is 12. The molecule has 3 N–H and O–H groups in total. The van der Waals surface area contributed by atoms with Gasteiger partial charge in [0.15, 0.2) is 16.3 Å². The Kier molecular flexibility index (Phi) is 9.58. The lowest BCUT2D eigenvalue weighted by molar-refractivity contribution is -0.141. The number of nitrogens with two attached hydrogens (primary N) is 1. The van der Waals surface area contributed by atoms with Gasteiger partial charge in [0.1, 0.15) is 6.04 Å². The summed E-state index contributed by atoms with van der Waals surface area (Å²) in [5.41, 5.74) is 6.31. The van der Waals surface area contributed by atoms with E-state index in [0.29, 0.717) is 17.6 Å². The fourth-order valence-corrected chi connectivity index (χ4v) is 6.23. The monoisotopic (exact) mass is 570 g/mol. The lowest BCUT2D eigenvalue weighted by Crippen LogP contribution is -2.35. The summed E-state index contributed by atoms with van der Waals surface area (Å²) in [5, 5.41) is 9.42. The van der Waals surface area contributed by atoms with Gasteiger partial charge in [-0.3, -0.25) is 18.6 Å². The number of fused-ring (bicyclic) bond motifs is 1. The highest BCUT2D eigenvalue weighted by molar-refractivity contribution is 8.13. The molecule has 0 amide bonds. The van der Waals surface area contributed by atoms with E-state index in [9.17, 15) is 19.3 Å². The molecule has 1 aliphatic rings. The van der Waals surface area contributed by atoms with Gasteiger partial charge in [-0.05, 0) is 20.4 Å². The molecular formula is C23H35N6O7PS. The number of carbonyl (C=O) groups excluding carboxylic acids is 1. The van der Waals surface area contributed by atoms with Gasteiger partial charge in [-0.15, -0.1) is 0 Å². The Balaban J connectivity index is 1.67. The van der Waals surface area contributed by atoms with Gasteiger partial charge in [0.05, 0.1) is 32.7 Å². The number of likely N-dealkylation sites (N-methyl/N-ethyl adjacent to an activating group) is 1. The number of carboxylic acid groups (broad SMARTS) is 1. The van der Waals surface area contributed by atoms with Crippen molar-refractivity contribution >= 4 is 47.7 Å². The molecule has 1 aliphatic carbocycles. The first-order chi connectivity index (χ1) is 17.8. The summed E-state index contributed by atoms with van der Waals surface area (Å²) in [6.45, 7) is 6.82. The molecular weight excluding hydrogens is 535 g/mol. The summed E-state index contributed by atoms with van der Waals surface area (Å²) in [6, 6.07) is -1.24. The number of aliphatic carboxylic acids is 1. The molecule has 13 nitrogen and oxygen atoms in total. The Hall–Kier alpha value is -2.51. The molecule has 0 bridgehead atoms. The quantitative estimate of drug-likeness (QED) is 0.216. The molecule has 0 radical (unpaired) electrons. The van der Waals surface area contributed by atoms with Gasteiger partial charge in [-0.2, -0.15) is 14.6 Å². The highest BCUT2D eigenvalue weighted by Gasteiger charge is 2.38. The Morgan fingerprint density at radius 3 is 2.66 bits per heavy atom. The van der Waals surface area contributed by atoms with Crippen LogP contribution in [0.3, 0.4) is 0 Å². The molecule has 0 aliphatic heterocycles. The predicted molar refractivity (Wildman–Crippen MR) is 144 cm³/mol. The number of nitrogens with zero attached hydrogens (tertiary/aromatic N) is 5. The summed E-state index contributed by atoms with van der Waals surface area (Å²) in [7, 11) is -1.13. The predicted octanol–water partition coefficient (Wildman–Crippen LogP) is 3.39. The minimum Gasteiger partial charge on any atom is -0.480 e. The van der Waals surface area contributed by atoms with Crippen molar-refractivity contribution in [2.75, 3.05) is 38.9 Å². The fraction of sp³-hybridized carbons (Fsp3) is 0.609. The second kappa shape index (κ2) is 12.1. The Morgan fingerprint density at radius 2 is 2.03 bits per heavy atom. The highest BCUT2D eigenvalue weighted by atomic mass is 32.2. The average Bonchev–Trinajstić information content (AvgIpc) is 3.50. The molecule has 2 aromatic rings. The van der Waals surface area contributed by atoms with Crippen molar-refractivity contribution in [2.45, 2.75) is 46.2 Å². The third kappa shape index (κ3) is 6.92. The summed E-state index contributed by atoms with van der Waals surface area (Å²) < 4.78 is 33.3. The first kappa shape index (κ1) is 30.0. The highest BCUT2D eigenvalue weighted by Crippen LogP contribution is 2.53. The number of aromatic nitrogens is 4. The molecule has 3 rings (SSSR count). The van der Waals surface area contributed by atoms with Gasteiger partial charge >= 0.3 is 13.7 Å². The molecule has 2 aromatic heterocycles. The Labute approximate surface area is 225 Å². The molecule has 0 saturated heterocycles. The van der Waals surface area contributed by atoms with Gasteiger partial charge in [-0.1, -0.05) is 44.7 Å². The topological polar surface area (TPSA) is 172 Å². The minimum absolute atomic E-state index is 0.0251. The number of ether oxygens (including phenoxy) is 1. The maximum absolute atomic E-state index is 13.7. The van der Waals surface area contributed by atoms with Crippen molar-refractivity contribution in [1.82, 2.24) is 24.2 Å². The van der Waals surface area contributed by atoms with Crippen LogP contribution in [0.15, 0.2) is 18.5 Å². The molecule has 0 aromatic carbocycles. The van der Waals surface area contributed by atoms with Crippen molar-refractivity contribution in [3.8, 4) is 5.88 Å². The number of imidazole rings is 1. The van der Waals surface area contributed by atoms with Crippen molar-refractivity contribution in [3.63, 3.8) is 0 Å². The zero-order valence-corrected chi connectivity index (χ0v) is 24.1. The van der Waals surface area contributed by atoms with E-state index >= 15 is 0 Å². The maximum atomic E-state index is 13.7. The van der Waals surface area contributed by atoms with Crippen molar-refractivity contribution in [1.29, 1.82) is 0 Å². The zero-order valence-electron chi connectivity index (χ0n) is 22.4. The van der Waals surface area contributed by atoms with E-state index in [1.807, 2.05) is 37.5 Å². The number of anilines is 1. The molecule has 4 atom stereocenters. The molecule has 38 heavy (non-hydrogen) atoms. The van der Waals surface area contributed by atoms with Crippen molar-refractivity contribution in [3.05, 3.63) is 18.5 Å². The number of hydrogen-bond acceptors (Lipinski definition) is 11. The van der Waals surface area contributed by atoms with Crippen LogP contribution in [-0.2, 0) is 23.2 Å². The molecule has 1 unspecified atom stereocenters. The minimum atomic E-state index is -3.99. The van der Waals surface area contributed by atoms with E-state index in [4.69, 9.17) is 19.5 Å². The summed E-state index contributed by atoms with van der Waals surface area (Å²) in [4.78, 5) is 36.4. The van der Waals surface area contributed by atoms with Crippen LogP contribution in [0.1, 0.15) is 40.2 Å². The Bertz CT molecular complexity index is 1250. The molecule has 2 heterocycles. The molecule has 0 saturated carbocycles. The van der Waals surface area contributed by atoms with Crippen molar-refractivity contribution < 1.29 is 33.0 Å². The van der Waals surface area contributed by atoms with Gasteiger partial charge in [-0.25, -0.2) is 9.55 Å². The number of hydrogen-bond donors (Lipinski definition) is 2. The number of carboxylic acids is 1. The second-order valence-electron chi connectivity index (χ2n) is 9.93. The summed E-state index contributed by atoms with van der Waals surface area (Å²) in [5.74, 6) is -0.701. The van der Waals surface area contributed by atoms with Crippen LogP contribution in [0.25, 0.3) is 11.2 Å². The first-order valence-corrected chi connectivity index (χ1v) is 14.5. The maximum Gasteiger partial charge on any atom is 0.408 e. The van der Waals surface area contributed by atoms with Crippen LogP contribution in [0.2, 0.25) is 0 Å². The van der Waals surface area contributed by atoms with E-state index in [2.05, 4.69) is 15.0 Å². The average molecular weight is 571 g/mol. The molecule has 0 spiro atoms. The molecule has 0 fully saturated rings. The van der Waals surface area contributed by atoms with Gasteiger partial charge < -0.3 is 20.1 Å². The van der Waals surface area contributed by atoms with Crippen LogP contribution < -0.4 is 10.5 Å². The first-order valence-electron chi connectivity index (χ1n) is 12.0. The normalized spacial score (nSPS) is 20.1. The Morgan fingerprint density at radius 1 is 1.32 bits per heavy atom. The number of allylic oxidation sites excluding steroid dienone is 1. The third-order valence-corrected chi connectivity index (χ3v) is 9.40. The van der Waals surface area contributed by atoms with Crippen molar-refractivity contribution in [2.24, 2.45) is 11.3 Å². The lowest BCUT2D eigenvalue weighted by Gasteiger charge is -2.30. The number of thioether (sulfide) groups is 1. The van der Waals surface area contributed by atoms with Gasteiger partial charge in [0, 0.05) is 17.1 Å². The summed E-state index contributed by atoms with van der Waals surface area (Å²) in [6.07, 6.45) is 6.11. The van der Waals surface area contributed by atoms with Crippen LogP contribution in [0.4, 0.5) is 5.95 Å². The fourth-order valence-electron chi connectivity index (χ4n) is 3.66. The van der Waals surface area contributed by atoms with Gasteiger partial charge in [0.25, 0.3) is 0 Å². The smallest absolute Gasteiger partial charge is 0.408 e. The molecule has 210 valence electrons. The zero-order chi connectivity index (χ0) is 28.3. The van der Waals surface area contributed by atoms with E-state index in [1.54, 1.807) is 6.33 Å². The van der Waals surface area contributed by atoms with Gasteiger partial charge in [0.2, 0.25) is 11.8 Å². The SMILES string of the molecule is COc1nc(N)nc2c1ncn2[C@H]1C=C[C@@H](COP(=O)(OCCSC(=O)C(C)(C)C)N(C)[C@@H](C)C(=O)O)C1. The number of nitrogen functional groups attached to an aromatic ring is 1. The molecule has 15 heteroatoms. The van der Waals surface area contributed by atoms with E-state index < -0.39 is 25.2 Å². The van der Waals surface area contributed by atoms with Crippen LogP contribution in [0.5, 0.6) is 5.88 Å². The van der Waals surface area contributed by atoms with E-state index in [0.717, 1.165) is 16.4 Å². The summed E-state index contributed by atoms with van der Waals surface area (Å²) >= 11 is 1.07. The van der Waals surface area contributed by atoms with Crippen LogP contribution in [-0.4, -0.2) is 79.5 Å². The largest absolute Gasteiger partial charge is 0.480 e. The second-order valence-corrected chi connectivity index (χ2v) is 13.1. The van der Waals surface area contributed by atoms with E-state index in [-0.39, 0.29) is 47.9 Å². The standard InChI is InChI=1S/C23H35N6O7PS/c1-14(20(30)31)28(5)37(33,35-9-10-38-21(32)23(2,3)4)36-12-15-7-8-16(11-15)29-13-25-17-18(29)26-22(24)27-19(17)34-6/h7-8,13-16H,9-12H2,1-6H3,(H,30,31)(H2,24,26,27)/t14-,15+,16-,37?/m0/s1. The van der Waals surface area contributed by atoms with Crippen LogP contribution in [0, 0.1) is 11.3 Å². The third-order valence-electron chi connectivity index (χ3n) is 6.05.